The molecule has 0 saturated heterocycles. The van der Waals surface area contributed by atoms with Gasteiger partial charge in [0.2, 0.25) is 0 Å². The molecule has 418 valence electrons. The van der Waals surface area contributed by atoms with Gasteiger partial charge in [-0.2, -0.15) is 0 Å². The second-order valence-electron chi connectivity index (χ2n) is 29.7. The van der Waals surface area contributed by atoms with Crippen molar-refractivity contribution in [1.82, 2.24) is 0 Å². The zero-order chi connectivity index (χ0) is 58.9. The zero-order valence-corrected chi connectivity index (χ0v) is 52.5. The Labute approximate surface area is 507 Å². The van der Waals surface area contributed by atoms with Gasteiger partial charge in [-0.15, -0.1) is 0 Å². The summed E-state index contributed by atoms with van der Waals surface area (Å²) in [6.07, 6.45) is 5.00. The highest BCUT2D eigenvalue weighted by Gasteiger charge is 2.57. The first-order valence-electron chi connectivity index (χ1n) is 31.5. The molecule has 2 atom stereocenters. The van der Waals surface area contributed by atoms with E-state index in [4.69, 9.17) is 0 Å². The van der Waals surface area contributed by atoms with E-state index in [1.54, 1.807) is 0 Å². The molecule has 0 N–H and O–H groups in total. The summed E-state index contributed by atoms with van der Waals surface area (Å²) in [6.45, 7) is 29.5. The SMILES string of the molecule is CC1(C)C2=C(C=CC3c4c(cc(P(=O)(c5cc6c(c7ccccc57)-c5ccc7c(c5C6(C)C)C(C)(C)c5ccccc5-7)c5cc6c(c7ccccc57)-c5ccc7c(c5C6(C)C)C(C)(C)c5ccccc5-7)c5ccccc45)C(C)(C)C23)c2ccccc21. The predicted octanol–water partition coefficient (Wildman–Crippen LogP) is 20.3. The van der Waals surface area contributed by atoms with Gasteiger partial charge in [-0.05, 0) is 178 Å². The van der Waals surface area contributed by atoms with Crippen LogP contribution in [-0.4, -0.2) is 0 Å². The summed E-state index contributed by atoms with van der Waals surface area (Å²) in [5.74, 6) is 0.354. The summed E-state index contributed by atoms with van der Waals surface area (Å²) in [5.41, 5.74) is 28.0. The first-order chi connectivity index (χ1) is 41.1. The molecule has 0 fully saturated rings. The van der Waals surface area contributed by atoms with Crippen LogP contribution in [0.2, 0.25) is 0 Å². The Morgan fingerprint density at radius 1 is 0.326 bits per heavy atom. The van der Waals surface area contributed by atoms with E-state index >= 15 is 4.57 Å². The molecule has 0 spiro atoms. The molecule has 7 aliphatic rings. The molecule has 0 aliphatic heterocycles. The molecule has 11 aromatic carbocycles. The van der Waals surface area contributed by atoms with Crippen LogP contribution in [0.5, 0.6) is 0 Å². The van der Waals surface area contributed by atoms with Crippen LogP contribution in [0.4, 0.5) is 0 Å². The molecule has 2 unspecified atom stereocenters. The summed E-state index contributed by atoms with van der Waals surface area (Å²) in [6, 6.07) is 71.6. The third-order valence-electron chi connectivity index (χ3n) is 23.5. The minimum Gasteiger partial charge on any atom is -0.309 e. The van der Waals surface area contributed by atoms with E-state index in [0.717, 1.165) is 32.1 Å². The second kappa shape index (κ2) is 16.1. The smallest absolute Gasteiger partial charge is 0.172 e. The van der Waals surface area contributed by atoms with E-state index in [2.05, 4.69) is 283 Å². The van der Waals surface area contributed by atoms with Crippen molar-refractivity contribution in [3.63, 3.8) is 0 Å². The lowest BCUT2D eigenvalue weighted by Crippen LogP contribution is -2.35. The normalized spacial score (nSPS) is 20.4. The summed E-state index contributed by atoms with van der Waals surface area (Å²) < 4.78 is 19.6. The maximum Gasteiger partial charge on any atom is 0.172 e. The van der Waals surface area contributed by atoms with Gasteiger partial charge in [0.1, 0.15) is 0 Å². The van der Waals surface area contributed by atoms with Crippen LogP contribution in [0.15, 0.2) is 206 Å². The van der Waals surface area contributed by atoms with Gasteiger partial charge in [-0.25, -0.2) is 0 Å². The van der Waals surface area contributed by atoms with E-state index in [-0.39, 0.29) is 33.5 Å². The fourth-order valence-electron chi connectivity index (χ4n) is 19.8. The van der Waals surface area contributed by atoms with Crippen LogP contribution in [0, 0.1) is 5.92 Å². The van der Waals surface area contributed by atoms with Crippen molar-refractivity contribution < 1.29 is 4.57 Å². The number of allylic oxidation sites excluding steroid dienone is 4. The highest BCUT2D eigenvalue weighted by atomic mass is 31.2. The topological polar surface area (TPSA) is 17.1 Å². The molecular formula is C84H71OP. The summed E-state index contributed by atoms with van der Waals surface area (Å²) in [7, 11) is -4.01. The van der Waals surface area contributed by atoms with E-state index in [9.17, 15) is 0 Å². The largest absolute Gasteiger partial charge is 0.309 e. The molecule has 18 rings (SSSR count). The van der Waals surface area contributed by atoms with E-state index in [0.29, 0.717) is 0 Å². The number of rotatable bonds is 3. The van der Waals surface area contributed by atoms with E-state index < -0.39 is 18.0 Å². The van der Waals surface area contributed by atoms with Crippen LogP contribution in [0.3, 0.4) is 0 Å². The van der Waals surface area contributed by atoms with Crippen molar-refractivity contribution in [3.05, 3.63) is 273 Å². The fraction of sp³-hybridized carbons (Fsp3) is 0.238. The first kappa shape index (κ1) is 51.2. The molecule has 0 aromatic heterocycles. The van der Waals surface area contributed by atoms with Crippen LogP contribution in [-0.2, 0) is 37.1 Å². The first-order valence-corrected chi connectivity index (χ1v) is 33.2. The summed E-state index contributed by atoms with van der Waals surface area (Å²) >= 11 is 0. The Morgan fingerprint density at radius 2 is 0.674 bits per heavy atom. The van der Waals surface area contributed by atoms with Gasteiger partial charge in [-0.3, -0.25) is 0 Å². The van der Waals surface area contributed by atoms with E-state index in [1.807, 2.05) is 0 Å². The van der Waals surface area contributed by atoms with Crippen molar-refractivity contribution in [1.29, 1.82) is 0 Å². The van der Waals surface area contributed by atoms with Crippen LogP contribution in [0.25, 0.3) is 82.4 Å². The fourth-order valence-corrected chi connectivity index (χ4v) is 23.1. The maximum absolute atomic E-state index is 19.6. The highest BCUT2D eigenvalue weighted by molar-refractivity contribution is 7.86. The lowest BCUT2D eigenvalue weighted by Gasteiger charge is -2.40. The molecule has 7 aliphatic carbocycles. The third-order valence-corrected chi connectivity index (χ3v) is 26.6. The molecular weight excluding hydrogens is 1060 g/mol. The Morgan fingerprint density at radius 3 is 1.15 bits per heavy atom. The average molecular weight is 1130 g/mol. The Kier molecular flexibility index (Phi) is 9.58. The molecule has 2 heteroatoms. The summed E-state index contributed by atoms with van der Waals surface area (Å²) in [5, 5.41) is 9.56. The number of benzene rings is 11. The molecule has 0 bridgehead atoms. The van der Waals surface area contributed by atoms with Crippen LogP contribution < -0.4 is 15.9 Å². The van der Waals surface area contributed by atoms with Gasteiger partial charge in [0.05, 0.1) is 0 Å². The average Bonchev–Trinajstić information content (AvgIpc) is 1.47. The van der Waals surface area contributed by atoms with Crippen molar-refractivity contribution >= 4 is 60.9 Å². The third kappa shape index (κ3) is 5.80. The lowest BCUT2D eigenvalue weighted by atomic mass is 9.63. The van der Waals surface area contributed by atoms with Gasteiger partial charge < -0.3 is 4.57 Å². The Balaban J connectivity index is 0.954. The molecule has 0 radical (unpaired) electrons. The minimum atomic E-state index is -4.01. The molecule has 0 amide bonds. The lowest BCUT2D eigenvalue weighted by molar-refractivity contribution is 0.343. The van der Waals surface area contributed by atoms with E-state index in [1.165, 1.54) is 139 Å². The quantitative estimate of drug-likeness (QED) is 0.161. The second-order valence-corrected chi connectivity index (χ2v) is 32.4. The van der Waals surface area contributed by atoms with Crippen molar-refractivity contribution in [3.8, 4) is 44.5 Å². The number of hydrogen-bond donors (Lipinski definition) is 0. The minimum absolute atomic E-state index is 0.153. The molecule has 1 nitrogen and oxygen atoms in total. The molecule has 11 aromatic rings. The van der Waals surface area contributed by atoms with Gasteiger partial charge in [0.15, 0.2) is 7.14 Å². The molecule has 0 heterocycles. The van der Waals surface area contributed by atoms with Gasteiger partial charge >= 0.3 is 0 Å². The van der Waals surface area contributed by atoms with Crippen molar-refractivity contribution in [2.45, 2.75) is 121 Å². The standard InChI is InChI=1S/C84H71OP/c1-79(2)61-34-22-19-25-46(61)55-37-40-58-70-52-31-16-13-28-49(52)67(43-64(70)82(7,8)76(58)73(55)79)86(85,68-44-65-71(53-32-17-14-29-50(53)68)59-41-38-56-47-26-20-23-35-62(47)80(3,4)74(56)77(59)83(65,9)10)69-45-66-72(54-33-18-15-30-51(54)69)60-42-39-57-48-27-21-24-36-63(48)81(5,6)75(57)78(60)84(66,11)12/h13-45,58,76H,1-12H3. The van der Waals surface area contributed by atoms with Crippen molar-refractivity contribution in [2.75, 3.05) is 0 Å². The predicted molar refractivity (Wildman–Crippen MR) is 363 cm³/mol. The molecule has 0 saturated carbocycles. The van der Waals surface area contributed by atoms with Crippen molar-refractivity contribution in [2.24, 2.45) is 5.92 Å². The zero-order valence-electron chi connectivity index (χ0n) is 51.6. The van der Waals surface area contributed by atoms with Gasteiger partial charge in [0, 0.05) is 54.8 Å². The van der Waals surface area contributed by atoms with Gasteiger partial charge in [-0.1, -0.05) is 265 Å². The highest BCUT2D eigenvalue weighted by Crippen LogP contribution is 2.68. The van der Waals surface area contributed by atoms with Crippen LogP contribution in [0.1, 0.15) is 156 Å². The maximum atomic E-state index is 19.6. The Bertz CT molecular complexity index is 4940. The van der Waals surface area contributed by atoms with Crippen LogP contribution >= 0.6 is 7.14 Å². The monoisotopic (exact) mass is 1130 g/mol. The molecule has 86 heavy (non-hydrogen) atoms. The number of hydrogen-bond acceptors (Lipinski definition) is 1. The summed E-state index contributed by atoms with van der Waals surface area (Å²) in [4.78, 5) is 0. The van der Waals surface area contributed by atoms with Gasteiger partial charge in [0.25, 0.3) is 0 Å². The Hall–Kier alpha value is -8.09. The number of fused-ring (bicyclic) bond motifs is 26.